The second-order valence-corrected chi connectivity index (χ2v) is 4.86. The Morgan fingerprint density at radius 2 is 2.00 bits per heavy atom. The predicted molar refractivity (Wildman–Crippen MR) is 67.3 cm³/mol. The molecule has 0 fully saturated rings. The number of rotatable bonds is 3. The molecule has 0 spiro atoms. The molecule has 2 heterocycles. The molecule has 0 unspecified atom stereocenters. The van der Waals surface area contributed by atoms with Gasteiger partial charge in [-0.1, -0.05) is 46.4 Å². The molecule has 0 aliphatic carbocycles. The standard InChI is InChI=1S/C10H7ClN6S/c11-9-8(12-16-18-9)6-17-14-10(13-15-17)7-4-2-1-3-5-7/h1-5H,6H2. The van der Waals surface area contributed by atoms with Crippen LogP contribution in [-0.4, -0.2) is 29.8 Å². The van der Waals surface area contributed by atoms with Crippen LogP contribution in [0.5, 0.6) is 0 Å². The van der Waals surface area contributed by atoms with E-state index in [2.05, 4.69) is 25.0 Å². The summed E-state index contributed by atoms with van der Waals surface area (Å²) in [4.78, 5) is 1.45. The van der Waals surface area contributed by atoms with Gasteiger partial charge in [0.1, 0.15) is 16.6 Å². The van der Waals surface area contributed by atoms with E-state index in [1.165, 1.54) is 4.80 Å². The monoisotopic (exact) mass is 278 g/mol. The van der Waals surface area contributed by atoms with E-state index in [1.807, 2.05) is 30.3 Å². The molecule has 0 aliphatic rings. The van der Waals surface area contributed by atoms with E-state index in [9.17, 15) is 0 Å². The first-order chi connectivity index (χ1) is 8.83. The highest BCUT2D eigenvalue weighted by Gasteiger charge is 2.10. The van der Waals surface area contributed by atoms with Crippen molar-refractivity contribution in [1.82, 2.24) is 29.8 Å². The van der Waals surface area contributed by atoms with Gasteiger partial charge in [0, 0.05) is 17.1 Å². The van der Waals surface area contributed by atoms with Gasteiger partial charge in [-0.15, -0.1) is 15.3 Å². The van der Waals surface area contributed by atoms with Gasteiger partial charge in [0.2, 0.25) is 5.82 Å². The van der Waals surface area contributed by atoms with Crippen LogP contribution in [0, 0.1) is 0 Å². The second-order valence-electron chi connectivity index (χ2n) is 3.50. The maximum atomic E-state index is 5.92. The molecule has 0 radical (unpaired) electrons. The highest BCUT2D eigenvalue weighted by molar-refractivity contribution is 7.10. The summed E-state index contributed by atoms with van der Waals surface area (Å²) in [6.45, 7) is 0.370. The lowest BCUT2D eigenvalue weighted by atomic mass is 10.2. The molecule has 1 aromatic carbocycles. The first-order valence-electron chi connectivity index (χ1n) is 5.13. The van der Waals surface area contributed by atoms with Crippen molar-refractivity contribution in [3.05, 3.63) is 40.4 Å². The summed E-state index contributed by atoms with van der Waals surface area (Å²) in [6, 6.07) is 9.65. The lowest BCUT2D eigenvalue weighted by molar-refractivity contribution is 0.564. The quantitative estimate of drug-likeness (QED) is 0.732. The van der Waals surface area contributed by atoms with E-state index in [0.29, 0.717) is 22.4 Å². The second kappa shape index (κ2) is 4.79. The van der Waals surface area contributed by atoms with Gasteiger partial charge in [0.05, 0.1) is 0 Å². The van der Waals surface area contributed by atoms with Crippen molar-refractivity contribution in [1.29, 1.82) is 0 Å². The summed E-state index contributed by atoms with van der Waals surface area (Å²) >= 11 is 7.06. The first-order valence-corrected chi connectivity index (χ1v) is 6.28. The van der Waals surface area contributed by atoms with Crippen LogP contribution in [-0.2, 0) is 6.54 Å². The van der Waals surface area contributed by atoms with Gasteiger partial charge in [0.15, 0.2) is 0 Å². The van der Waals surface area contributed by atoms with Crippen LogP contribution in [0.15, 0.2) is 30.3 Å². The third-order valence-electron chi connectivity index (χ3n) is 2.29. The summed E-state index contributed by atoms with van der Waals surface area (Å²) in [5.41, 5.74) is 1.57. The molecule has 0 saturated heterocycles. The van der Waals surface area contributed by atoms with Crippen molar-refractivity contribution < 1.29 is 0 Å². The third kappa shape index (κ3) is 2.22. The highest BCUT2D eigenvalue weighted by atomic mass is 35.5. The number of hydrogen-bond donors (Lipinski definition) is 0. The Hall–Kier alpha value is -1.86. The molecule has 90 valence electrons. The Balaban J connectivity index is 1.84. The smallest absolute Gasteiger partial charge is 0.158 e. The van der Waals surface area contributed by atoms with Gasteiger partial charge in [-0.25, -0.2) is 0 Å². The molecule has 0 amide bonds. The fourth-order valence-electron chi connectivity index (χ4n) is 1.44. The van der Waals surface area contributed by atoms with Gasteiger partial charge >= 0.3 is 0 Å². The summed E-state index contributed by atoms with van der Waals surface area (Å²) in [6.07, 6.45) is 0. The van der Waals surface area contributed by atoms with Crippen LogP contribution in [0.4, 0.5) is 0 Å². The van der Waals surface area contributed by atoms with Crippen LogP contribution in [0.2, 0.25) is 4.34 Å². The lowest BCUT2D eigenvalue weighted by Crippen LogP contribution is -2.04. The predicted octanol–water partition coefficient (Wildman–Crippen LogP) is 1.89. The van der Waals surface area contributed by atoms with Crippen LogP contribution in [0.1, 0.15) is 5.69 Å². The fraction of sp³-hybridized carbons (Fsp3) is 0.100. The summed E-state index contributed by atoms with van der Waals surface area (Å²) in [5, 5.41) is 16.1. The zero-order valence-electron chi connectivity index (χ0n) is 9.06. The van der Waals surface area contributed by atoms with Crippen molar-refractivity contribution in [2.24, 2.45) is 0 Å². The van der Waals surface area contributed by atoms with E-state index in [0.717, 1.165) is 17.1 Å². The molecule has 3 rings (SSSR count). The van der Waals surface area contributed by atoms with E-state index in [4.69, 9.17) is 11.6 Å². The Morgan fingerprint density at radius 1 is 1.17 bits per heavy atom. The van der Waals surface area contributed by atoms with Gasteiger partial charge in [-0.2, -0.15) is 4.80 Å². The first kappa shape index (κ1) is 11.2. The lowest BCUT2D eigenvalue weighted by Gasteiger charge is -1.94. The zero-order valence-corrected chi connectivity index (χ0v) is 10.6. The van der Waals surface area contributed by atoms with Crippen molar-refractivity contribution in [3.63, 3.8) is 0 Å². The molecule has 8 heteroatoms. The maximum absolute atomic E-state index is 5.92. The minimum absolute atomic E-state index is 0.370. The number of tetrazole rings is 1. The van der Waals surface area contributed by atoms with Crippen LogP contribution < -0.4 is 0 Å². The Kier molecular flexibility index (Phi) is 2.99. The number of nitrogens with zero attached hydrogens (tertiary/aromatic N) is 6. The molecular formula is C10H7ClN6S. The molecule has 6 nitrogen and oxygen atoms in total. The Morgan fingerprint density at radius 3 is 2.72 bits per heavy atom. The molecule has 0 N–H and O–H groups in total. The fourth-order valence-corrected chi connectivity index (χ4v) is 2.05. The van der Waals surface area contributed by atoms with Gasteiger partial charge < -0.3 is 0 Å². The molecule has 0 aliphatic heterocycles. The number of hydrogen-bond acceptors (Lipinski definition) is 6. The molecule has 0 atom stereocenters. The van der Waals surface area contributed by atoms with Crippen LogP contribution in [0.3, 0.4) is 0 Å². The zero-order chi connectivity index (χ0) is 12.4. The van der Waals surface area contributed by atoms with Crippen LogP contribution in [0.25, 0.3) is 11.4 Å². The summed E-state index contributed by atoms with van der Waals surface area (Å²) in [5.74, 6) is 0.579. The molecular weight excluding hydrogens is 272 g/mol. The highest BCUT2D eigenvalue weighted by Crippen LogP contribution is 2.18. The van der Waals surface area contributed by atoms with Gasteiger partial charge in [0.25, 0.3) is 0 Å². The van der Waals surface area contributed by atoms with E-state index < -0.39 is 0 Å². The maximum Gasteiger partial charge on any atom is 0.204 e. The normalized spacial score (nSPS) is 10.7. The van der Waals surface area contributed by atoms with E-state index in [-0.39, 0.29) is 0 Å². The summed E-state index contributed by atoms with van der Waals surface area (Å²) < 4.78 is 4.30. The van der Waals surface area contributed by atoms with E-state index >= 15 is 0 Å². The van der Waals surface area contributed by atoms with Crippen molar-refractivity contribution >= 4 is 23.1 Å². The SMILES string of the molecule is Clc1snnc1Cn1nnc(-c2ccccc2)n1. The minimum atomic E-state index is 0.370. The average Bonchev–Trinajstić information content (AvgIpc) is 3.02. The molecule has 18 heavy (non-hydrogen) atoms. The molecule has 3 aromatic rings. The molecule has 0 saturated carbocycles. The van der Waals surface area contributed by atoms with Gasteiger partial charge in [-0.05, 0) is 5.21 Å². The number of benzene rings is 1. The largest absolute Gasteiger partial charge is 0.204 e. The van der Waals surface area contributed by atoms with Crippen molar-refractivity contribution in [2.45, 2.75) is 6.54 Å². The number of halogens is 1. The molecule has 0 bridgehead atoms. The molecule has 2 aromatic heterocycles. The Labute approximate surface area is 111 Å². The minimum Gasteiger partial charge on any atom is -0.158 e. The van der Waals surface area contributed by atoms with Crippen molar-refractivity contribution in [2.75, 3.05) is 0 Å². The third-order valence-corrected chi connectivity index (χ3v) is 3.27. The topological polar surface area (TPSA) is 69.4 Å². The van der Waals surface area contributed by atoms with Crippen molar-refractivity contribution in [3.8, 4) is 11.4 Å². The van der Waals surface area contributed by atoms with E-state index in [1.54, 1.807) is 0 Å². The van der Waals surface area contributed by atoms with Crippen LogP contribution >= 0.6 is 23.1 Å². The summed E-state index contributed by atoms with van der Waals surface area (Å²) in [7, 11) is 0. The Bertz CT molecular complexity index is 649. The average molecular weight is 279 g/mol. The van der Waals surface area contributed by atoms with Gasteiger partial charge in [-0.3, -0.25) is 0 Å². The number of aromatic nitrogens is 6.